The van der Waals surface area contributed by atoms with E-state index in [0.29, 0.717) is 6.54 Å². The van der Waals surface area contributed by atoms with Crippen molar-refractivity contribution in [3.63, 3.8) is 0 Å². The number of fused-ring (bicyclic) bond motifs is 1. The number of nitrogens with zero attached hydrogens (tertiary/aromatic N) is 1. The lowest BCUT2D eigenvalue weighted by atomic mass is 10.0. The molecule has 1 aromatic heterocycles. The number of pyridine rings is 1. The Hall–Kier alpha value is -2.19. The molecule has 0 radical (unpaired) electrons. The Morgan fingerprint density at radius 2 is 1.85 bits per heavy atom. The van der Waals surface area contributed by atoms with Crippen molar-refractivity contribution >= 4 is 10.9 Å². The molecule has 0 aliphatic rings. The van der Waals surface area contributed by atoms with Gasteiger partial charge in [-0.2, -0.15) is 0 Å². The summed E-state index contributed by atoms with van der Waals surface area (Å²) in [4.78, 5) is 4.73. The van der Waals surface area contributed by atoms with Gasteiger partial charge in [0.15, 0.2) is 0 Å². The summed E-state index contributed by atoms with van der Waals surface area (Å²) < 4.78 is 0. The standard InChI is InChI=1S/C18H18N2/c1-13-10-14(12-19)6-7-16(13)11-17-9-8-15-4-2-3-5-18(15)20-17/h2-10H,11-12,19H2,1H3. The number of nitrogens with two attached hydrogens (primary N) is 1. The number of aromatic nitrogens is 1. The molecule has 100 valence electrons. The molecule has 2 heteroatoms. The zero-order valence-electron chi connectivity index (χ0n) is 11.6. The summed E-state index contributed by atoms with van der Waals surface area (Å²) in [5.74, 6) is 0. The number of benzene rings is 2. The van der Waals surface area contributed by atoms with Gasteiger partial charge in [0.25, 0.3) is 0 Å². The molecule has 0 fully saturated rings. The Bertz CT molecular complexity index is 747. The lowest BCUT2D eigenvalue weighted by Crippen LogP contribution is -2.00. The van der Waals surface area contributed by atoms with Crippen LogP contribution in [0.1, 0.15) is 22.4 Å². The zero-order valence-corrected chi connectivity index (χ0v) is 11.6. The topological polar surface area (TPSA) is 38.9 Å². The van der Waals surface area contributed by atoms with Crippen molar-refractivity contribution in [3.05, 3.63) is 77.0 Å². The fourth-order valence-electron chi connectivity index (χ4n) is 2.49. The minimum Gasteiger partial charge on any atom is -0.326 e. The van der Waals surface area contributed by atoms with Gasteiger partial charge < -0.3 is 5.73 Å². The molecular formula is C18H18N2. The van der Waals surface area contributed by atoms with Crippen molar-refractivity contribution in [2.75, 3.05) is 0 Å². The van der Waals surface area contributed by atoms with E-state index in [1.54, 1.807) is 0 Å². The van der Waals surface area contributed by atoms with Crippen molar-refractivity contribution in [1.82, 2.24) is 4.98 Å². The molecule has 20 heavy (non-hydrogen) atoms. The highest BCUT2D eigenvalue weighted by molar-refractivity contribution is 5.78. The number of hydrogen-bond donors (Lipinski definition) is 1. The Morgan fingerprint density at radius 1 is 1.00 bits per heavy atom. The average Bonchev–Trinajstić information content (AvgIpc) is 2.49. The van der Waals surface area contributed by atoms with Gasteiger partial charge in [-0.3, -0.25) is 4.98 Å². The summed E-state index contributed by atoms with van der Waals surface area (Å²) in [5, 5.41) is 1.19. The third-order valence-electron chi connectivity index (χ3n) is 3.67. The Balaban J connectivity index is 1.92. The first-order valence-electron chi connectivity index (χ1n) is 6.89. The molecule has 0 bridgehead atoms. The second-order valence-corrected chi connectivity index (χ2v) is 5.14. The number of rotatable bonds is 3. The first-order chi connectivity index (χ1) is 9.76. The molecule has 0 aliphatic carbocycles. The molecule has 0 spiro atoms. The Labute approximate surface area is 119 Å². The maximum Gasteiger partial charge on any atom is 0.0705 e. The lowest BCUT2D eigenvalue weighted by molar-refractivity contribution is 1.04. The summed E-state index contributed by atoms with van der Waals surface area (Å²) >= 11 is 0. The molecule has 0 aliphatic heterocycles. The third kappa shape index (κ3) is 2.56. The molecule has 2 nitrogen and oxygen atoms in total. The van der Waals surface area contributed by atoms with Gasteiger partial charge in [0.2, 0.25) is 0 Å². The van der Waals surface area contributed by atoms with E-state index in [2.05, 4.69) is 49.4 Å². The predicted molar refractivity (Wildman–Crippen MR) is 83.6 cm³/mol. The minimum absolute atomic E-state index is 0.593. The monoisotopic (exact) mass is 262 g/mol. The van der Waals surface area contributed by atoms with Gasteiger partial charge in [0.1, 0.15) is 0 Å². The summed E-state index contributed by atoms with van der Waals surface area (Å²) in [6.45, 7) is 2.73. The number of para-hydroxylation sites is 1. The van der Waals surface area contributed by atoms with E-state index in [4.69, 9.17) is 10.7 Å². The highest BCUT2D eigenvalue weighted by atomic mass is 14.7. The molecule has 0 saturated heterocycles. The average molecular weight is 262 g/mol. The summed E-state index contributed by atoms with van der Waals surface area (Å²) in [6, 6.07) is 18.9. The molecular weight excluding hydrogens is 244 g/mol. The molecule has 1 heterocycles. The van der Waals surface area contributed by atoms with E-state index >= 15 is 0 Å². The van der Waals surface area contributed by atoms with Crippen LogP contribution in [0.15, 0.2) is 54.6 Å². The highest BCUT2D eigenvalue weighted by Gasteiger charge is 2.03. The number of aryl methyl sites for hydroxylation is 1. The maximum atomic E-state index is 5.67. The third-order valence-corrected chi connectivity index (χ3v) is 3.67. The summed E-state index contributed by atoms with van der Waals surface area (Å²) in [7, 11) is 0. The van der Waals surface area contributed by atoms with Crippen LogP contribution in [0, 0.1) is 6.92 Å². The lowest BCUT2D eigenvalue weighted by Gasteiger charge is -2.08. The molecule has 0 saturated carbocycles. The first-order valence-corrected chi connectivity index (χ1v) is 6.89. The van der Waals surface area contributed by atoms with Gasteiger partial charge in [-0.05, 0) is 35.7 Å². The van der Waals surface area contributed by atoms with Crippen molar-refractivity contribution < 1.29 is 0 Å². The van der Waals surface area contributed by atoms with E-state index in [0.717, 1.165) is 17.6 Å². The van der Waals surface area contributed by atoms with E-state index in [9.17, 15) is 0 Å². The van der Waals surface area contributed by atoms with Gasteiger partial charge in [-0.1, -0.05) is 42.5 Å². The smallest absolute Gasteiger partial charge is 0.0705 e. The Morgan fingerprint density at radius 3 is 2.65 bits per heavy atom. The molecule has 3 rings (SSSR count). The fourth-order valence-corrected chi connectivity index (χ4v) is 2.49. The maximum absolute atomic E-state index is 5.67. The van der Waals surface area contributed by atoms with Crippen molar-refractivity contribution in [2.45, 2.75) is 19.9 Å². The van der Waals surface area contributed by atoms with Crippen LogP contribution in [0.5, 0.6) is 0 Å². The molecule has 0 unspecified atom stereocenters. The van der Waals surface area contributed by atoms with E-state index in [1.807, 2.05) is 12.1 Å². The predicted octanol–water partition coefficient (Wildman–Crippen LogP) is 3.59. The van der Waals surface area contributed by atoms with E-state index in [-0.39, 0.29) is 0 Å². The van der Waals surface area contributed by atoms with Crippen LogP contribution >= 0.6 is 0 Å². The molecule has 0 amide bonds. The van der Waals surface area contributed by atoms with Gasteiger partial charge in [-0.25, -0.2) is 0 Å². The van der Waals surface area contributed by atoms with Gasteiger partial charge in [0.05, 0.1) is 5.52 Å². The summed E-state index contributed by atoms with van der Waals surface area (Å²) in [5.41, 5.74) is 11.6. The van der Waals surface area contributed by atoms with Crippen LogP contribution in [0.2, 0.25) is 0 Å². The first kappa shape index (κ1) is 12.8. The van der Waals surface area contributed by atoms with E-state index in [1.165, 1.54) is 22.1 Å². The number of hydrogen-bond acceptors (Lipinski definition) is 2. The van der Waals surface area contributed by atoms with Gasteiger partial charge in [-0.15, -0.1) is 0 Å². The van der Waals surface area contributed by atoms with Crippen molar-refractivity contribution in [3.8, 4) is 0 Å². The normalized spacial score (nSPS) is 10.9. The van der Waals surface area contributed by atoms with Crippen LogP contribution in [-0.4, -0.2) is 4.98 Å². The molecule has 3 aromatic rings. The van der Waals surface area contributed by atoms with Crippen LogP contribution < -0.4 is 5.73 Å². The van der Waals surface area contributed by atoms with Crippen LogP contribution in [0.3, 0.4) is 0 Å². The van der Waals surface area contributed by atoms with Crippen molar-refractivity contribution in [1.29, 1.82) is 0 Å². The largest absolute Gasteiger partial charge is 0.326 e. The summed E-state index contributed by atoms with van der Waals surface area (Å²) in [6.07, 6.45) is 0.863. The zero-order chi connectivity index (χ0) is 13.9. The molecule has 0 atom stereocenters. The van der Waals surface area contributed by atoms with Crippen LogP contribution in [-0.2, 0) is 13.0 Å². The van der Waals surface area contributed by atoms with Crippen molar-refractivity contribution in [2.24, 2.45) is 5.73 Å². The fraction of sp³-hybridized carbons (Fsp3) is 0.167. The van der Waals surface area contributed by atoms with Crippen LogP contribution in [0.4, 0.5) is 0 Å². The van der Waals surface area contributed by atoms with Gasteiger partial charge in [0, 0.05) is 24.0 Å². The molecule has 2 aromatic carbocycles. The second-order valence-electron chi connectivity index (χ2n) is 5.14. The van der Waals surface area contributed by atoms with E-state index < -0.39 is 0 Å². The Kier molecular flexibility index (Phi) is 3.48. The molecule has 2 N–H and O–H groups in total. The van der Waals surface area contributed by atoms with Crippen LogP contribution in [0.25, 0.3) is 10.9 Å². The SMILES string of the molecule is Cc1cc(CN)ccc1Cc1ccc2ccccc2n1. The minimum atomic E-state index is 0.593. The van der Waals surface area contributed by atoms with Gasteiger partial charge >= 0.3 is 0 Å². The second kappa shape index (κ2) is 5.43. The quantitative estimate of drug-likeness (QED) is 0.783. The highest BCUT2D eigenvalue weighted by Crippen LogP contribution is 2.17.